The number of hydrogen-bond donors (Lipinski definition) is 2. The van der Waals surface area contributed by atoms with Crippen LogP contribution in [0.2, 0.25) is 0 Å². The van der Waals surface area contributed by atoms with Crippen molar-refractivity contribution in [3.05, 3.63) is 34.4 Å². The molecule has 1 unspecified atom stereocenters. The third-order valence-corrected chi connectivity index (χ3v) is 10.4. The van der Waals surface area contributed by atoms with Crippen molar-refractivity contribution in [2.45, 2.75) is 95.9 Å². The van der Waals surface area contributed by atoms with E-state index in [9.17, 15) is 19.8 Å². The highest BCUT2D eigenvalue weighted by atomic mass is 16.5. The molecule has 4 aliphatic rings. The van der Waals surface area contributed by atoms with Gasteiger partial charge in [0.05, 0.1) is 18.0 Å². The number of ether oxygens (including phenoxy) is 1. The second-order valence-corrected chi connectivity index (χ2v) is 11.4. The van der Waals surface area contributed by atoms with Crippen molar-refractivity contribution in [1.82, 2.24) is 0 Å². The summed E-state index contributed by atoms with van der Waals surface area (Å²) in [6.07, 6.45) is 7.47. The highest BCUT2D eigenvalue weighted by molar-refractivity contribution is 5.66. The molecule has 0 saturated heterocycles. The fraction of sp³-hybridized carbons (Fsp3) is 0.769. The Labute approximate surface area is 189 Å². The molecule has 0 aliphatic heterocycles. The van der Waals surface area contributed by atoms with Gasteiger partial charge in [-0.2, -0.15) is 0 Å². The van der Waals surface area contributed by atoms with Crippen LogP contribution >= 0.6 is 0 Å². The molecule has 1 heterocycles. The summed E-state index contributed by atoms with van der Waals surface area (Å²) in [5, 5.41) is 23.6. The van der Waals surface area contributed by atoms with Gasteiger partial charge in [0.2, 0.25) is 0 Å². The first-order chi connectivity index (χ1) is 15.1. The van der Waals surface area contributed by atoms with Crippen molar-refractivity contribution in [1.29, 1.82) is 0 Å². The summed E-state index contributed by atoms with van der Waals surface area (Å²) in [6, 6.07) is 3.34. The van der Waals surface area contributed by atoms with Crippen molar-refractivity contribution in [3.63, 3.8) is 0 Å². The van der Waals surface area contributed by atoms with Gasteiger partial charge < -0.3 is 19.4 Å². The van der Waals surface area contributed by atoms with Gasteiger partial charge in [0.25, 0.3) is 0 Å². The first-order valence-corrected chi connectivity index (χ1v) is 12.3. The Morgan fingerprint density at radius 3 is 2.56 bits per heavy atom. The molecule has 9 atom stereocenters. The molecule has 0 amide bonds. The van der Waals surface area contributed by atoms with Gasteiger partial charge in [-0.1, -0.05) is 13.8 Å². The fourth-order valence-electron chi connectivity index (χ4n) is 8.68. The van der Waals surface area contributed by atoms with E-state index >= 15 is 0 Å². The van der Waals surface area contributed by atoms with Crippen LogP contribution in [0.1, 0.15) is 83.6 Å². The van der Waals surface area contributed by atoms with Gasteiger partial charge in [-0.05, 0) is 85.7 Å². The molecule has 0 bridgehead atoms. The minimum atomic E-state index is -0.794. The molecule has 6 nitrogen and oxygen atoms in total. The van der Waals surface area contributed by atoms with E-state index in [1.165, 1.54) is 13.0 Å². The van der Waals surface area contributed by atoms with E-state index in [-0.39, 0.29) is 46.3 Å². The van der Waals surface area contributed by atoms with E-state index in [2.05, 4.69) is 13.8 Å². The highest BCUT2D eigenvalue weighted by Crippen LogP contribution is 2.70. The molecule has 2 N–H and O–H groups in total. The summed E-state index contributed by atoms with van der Waals surface area (Å²) in [5.41, 5.74) is -0.688. The number of carbonyl (C=O) groups is 1. The second kappa shape index (κ2) is 7.42. The highest BCUT2D eigenvalue weighted by Gasteiger charge is 2.68. The van der Waals surface area contributed by atoms with E-state index in [0.29, 0.717) is 12.3 Å². The van der Waals surface area contributed by atoms with Crippen LogP contribution in [0.15, 0.2) is 27.6 Å². The third-order valence-electron chi connectivity index (χ3n) is 10.4. The number of esters is 1. The first-order valence-electron chi connectivity index (χ1n) is 12.3. The number of carbonyl (C=O) groups excluding carboxylic acids is 1. The van der Waals surface area contributed by atoms with Gasteiger partial charge >= 0.3 is 11.6 Å². The second-order valence-electron chi connectivity index (χ2n) is 11.4. The van der Waals surface area contributed by atoms with Gasteiger partial charge in [-0.3, -0.25) is 4.79 Å². The molecular formula is C26H36O6. The smallest absolute Gasteiger partial charge is 0.335 e. The first kappa shape index (κ1) is 22.1. The zero-order valence-corrected chi connectivity index (χ0v) is 19.4. The van der Waals surface area contributed by atoms with E-state index in [1.54, 1.807) is 6.26 Å². The minimum Gasteiger partial charge on any atom is -0.462 e. The summed E-state index contributed by atoms with van der Waals surface area (Å²) in [5.74, 6) is 0.567. The molecular weight excluding hydrogens is 408 g/mol. The van der Waals surface area contributed by atoms with Crippen LogP contribution in [0, 0.1) is 28.6 Å². The molecule has 4 fully saturated rings. The Balaban J connectivity index is 1.44. The number of hydrogen-bond acceptors (Lipinski definition) is 6. The number of aliphatic hydroxyl groups is 2. The quantitative estimate of drug-likeness (QED) is 0.674. The normalized spacial score (nSPS) is 47.8. The van der Waals surface area contributed by atoms with E-state index in [4.69, 9.17) is 9.15 Å². The van der Waals surface area contributed by atoms with Crippen molar-refractivity contribution in [3.8, 4) is 0 Å². The Hall–Kier alpha value is -1.66. The molecule has 32 heavy (non-hydrogen) atoms. The molecule has 0 spiro atoms. The van der Waals surface area contributed by atoms with Gasteiger partial charge in [0, 0.05) is 24.8 Å². The van der Waals surface area contributed by atoms with Crippen LogP contribution < -0.4 is 5.63 Å². The molecule has 176 valence electrons. The van der Waals surface area contributed by atoms with Crippen molar-refractivity contribution in [2.75, 3.05) is 0 Å². The van der Waals surface area contributed by atoms with Gasteiger partial charge in [-0.15, -0.1) is 0 Å². The molecule has 4 saturated carbocycles. The van der Waals surface area contributed by atoms with Gasteiger partial charge in [0.1, 0.15) is 6.10 Å². The maximum Gasteiger partial charge on any atom is 0.335 e. The maximum atomic E-state index is 12.3. The molecule has 6 heteroatoms. The van der Waals surface area contributed by atoms with Crippen LogP contribution in [-0.4, -0.2) is 34.0 Å². The lowest BCUT2D eigenvalue weighted by Gasteiger charge is -2.64. The van der Waals surface area contributed by atoms with Crippen molar-refractivity contribution >= 4 is 5.97 Å². The SMILES string of the molecule is CC(=O)O[C@H]1CC(O)[C@@]2(C)[C@H](CC[C@@H]3[C@@H]2CC[C@]2(C)[C@@H](c4ccc(=O)oc4)CC[C@]32O)C1. The lowest BCUT2D eigenvalue weighted by Crippen LogP contribution is -2.64. The Morgan fingerprint density at radius 1 is 1.09 bits per heavy atom. The largest absolute Gasteiger partial charge is 0.462 e. The van der Waals surface area contributed by atoms with E-state index < -0.39 is 11.7 Å². The predicted molar refractivity (Wildman–Crippen MR) is 118 cm³/mol. The van der Waals surface area contributed by atoms with E-state index in [1.807, 2.05) is 6.07 Å². The van der Waals surface area contributed by atoms with Gasteiger partial charge in [-0.25, -0.2) is 4.79 Å². The summed E-state index contributed by atoms with van der Waals surface area (Å²) < 4.78 is 10.7. The zero-order chi connectivity index (χ0) is 22.9. The molecule has 5 rings (SSSR count). The van der Waals surface area contributed by atoms with E-state index in [0.717, 1.165) is 50.5 Å². The maximum absolute atomic E-state index is 12.3. The zero-order valence-electron chi connectivity index (χ0n) is 19.4. The standard InChI is InChI=1S/C26H36O6/c1-15(27)32-18-12-17-5-6-21-20(25(17,3)22(28)13-18)8-10-24(2)19(9-11-26(21,24)30)16-4-7-23(29)31-14-16/h4,7,14,17-22,28,30H,5-6,8-13H2,1-3H3/t17-,18-,19-,20+,21-,22?,24-,25+,26+/m1/s1. The fourth-order valence-corrected chi connectivity index (χ4v) is 8.68. The van der Waals surface area contributed by atoms with Crippen LogP contribution in [0.3, 0.4) is 0 Å². The number of fused-ring (bicyclic) bond motifs is 5. The summed E-state index contributed by atoms with van der Waals surface area (Å²) >= 11 is 0. The monoisotopic (exact) mass is 444 g/mol. The molecule has 1 aromatic rings. The summed E-state index contributed by atoms with van der Waals surface area (Å²) in [4.78, 5) is 23.0. The van der Waals surface area contributed by atoms with Crippen molar-refractivity contribution in [2.24, 2.45) is 28.6 Å². The molecule has 0 aromatic carbocycles. The molecule has 4 aliphatic carbocycles. The average Bonchev–Trinajstić information content (AvgIpc) is 3.01. The number of aliphatic hydroxyl groups excluding tert-OH is 1. The van der Waals surface area contributed by atoms with Crippen LogP contribution in [0.4, 0.5) is 0 Å². The third kappa shape index (κ3) is 2.98. The lowest BCUT2D eigenvalue weighted by atomic mass is 9.42. The molecule has 0 radical (unpaired) electrons. The molecule has 1 aromatic heterocycles. The lowest BCUT2D eigenvalue weighted by molar-refractivity contribution is -0.231. The van der Waals surface area contributed by atoms with Crippen molar-refractivity contribution < 1.29 is 24.2 Å². The topological polar surface area (TPSA) is 97.0 Å². The minimum absolute atomic E-state index is 0.142. The van der Waals surface area contributed by atoms with Crippen LogP contribution in [-0.2, 0) is 9.53 Å². The summed E-state index contributed by atoms with van der Waals surface area (Å²) in [6.45, 7) is 5.87. The Bertz CT molecular complexity index is 935. The van der Waals surface area contributed by atoms with Crippen LogP contribution in [0.25, 0.3) is 0 Å². The Kier molecular flexibility index (Phi) is 5.14. The van der Waals surface area contributed by atoms with Gasteiger partial charge in [0.15, 0.2) is 0 Å². The predicted octanol–water partition coefficient (Wildman–Crippen LogP) is 3.78. The Morgan fingerprint density at radius 2 is 1.88 bits per heavy atom. The average molecular weight is 445 g/mol. The van der Waals surface area contributed by atoms with Crippen LogP contribution in [0.5, 0.6) is 0 Å². The number of rotatable bonds is 2. The summed E-state index contributed by atoms with van der Waals surface area (Å²) in [7, 11) is 0.